The fourth-order valence-corrected chi connectivity index (χ4v) is 2.60. The topological polar surface area (TPSA) is 42.2 Å². The second kappa shape index (κ2) is 4.72. The van der Waals surface area contributed by atoms with Gasteiger partial charge in [0.25, 0.3) is 0 Å². The van der Waals surface area contributed by atoms with E-state index in [0.29, 0.717) is 12.2 Å². The van der Waals surface area contributed by atoms with Crippen LogP contribution < -0.4 is 0 Å². The van der Waals surface area contributed by atoms with E-state index in [-0.39, 0.29) is 0 Å². The standard InChI is InChI=1S/C11H10ClNO2S/c12-10-4-3-8(16-10)5-7-13-6-1-2-9(13)11(14)15/h1-4,6H,5,7H2,(H,14,15). The average Bonchev–Trinajstić information content (AvgIpc) is 2.83. The van der Waals surface area contributed by atoms with E-state index in [1.165, 1.54) is 11.3 Å². The Morgan fingerprint density at radius 3 is 2.88 bits per heavy atom. The van der Waals surface area contributed by atoms with Crippen LogP contribution in [0.3, 0.4) is 0 Å². The van der Waals surface area contributed by atoms with Crippen LogP contribution in [0.4, 0.5) is 0 Å². The van der Waals surface area contributed by atoms with Crippen molar-refractivity contribution in [1.82, 2.24) is 4.57 Å². The van der Waals surface area contributed by atoms with E-state index < -0.39 is 5.97 Å². The van der Waals surface area contributed by atoms with Crippen LogP contribution in [0.2, 0.25) is 4.34 Å². The molecule has 0 saturated carbocycles. The minimum atomic E-state index is -0.894. The Hall–Kier alpha value is -1.26. The highest BCUT2D eigenvalue weighted by Gasteiger charge is 2.08. The largest absolute Gasteiger partial charge is 0.477 e. The first-order chi connectivity index (χ1) is 7.66. The molecule has 3 nitrogen and oxygen atoms in total. The van der Waals surface area contributed by atoms with Crippen molar-refractivity contribution < 1.29 is 9.90 Å². The summed E-state index contributed by atoms with van der Waals surface area (Å²) in [7, 11) is 0. The molecule has 0 aromatic carbocycles. The molecule has 2 heterocycles. The van der Waals surface area contributed by atoms with Gasteiger partial charge in [0.05, 0.1) is 4.34 Å². The smallest absolute Gasteiger partial charge is 0.352 e. The quantitative estimate of drug-likeness (QED) is 0.912. The monoisotopic (exact) mass is 255 g/mol. The summed E-state index contributed by atoms with van der Waals surface area (Å²) in [5.41, 5.74) is 0.322. The minimum absolute atomic E-state index is 0.322. The van der Waals surface area contributed by atoms with Gasteiger partial charge in [0.2, 0.25) is 0 Å². The van der Waals surface area contributed by atoms with E-state index in [0.717, 1.165) is 15.6 Å². The number of hydrogen-bond donors (Lipinski definition) is 1. The molecule has 84 valence electrons. The molecule has 2 aromatic heterocycles. The maximum Gasteiger partial charge on any atom is 0.352 e. The van der Waals surface area contributed by atoms with Crippen LogP contribution in [0.1, 0.15) is 15.4 Å². The van der Waals surface area contributed by atoms with Gasteiger partial charge in [0.15, 0.2) is 0 Å². The molecule has 0 aliphatic heterocycles. The van der Waals surface area contributed by atoms with Crippen LogP contribution in [0.25, 0.3) is 0 Å². The molecule has 0 aliphatic rings. The van der Waals surface area contributed by atoms with Gasteiger partial charge in [-0.3, -0.25) is 0 Å². The van der Waals surface area contributed by atoms with Crippen molar-refractivity contribution in [2.45, 2.75) is 13.0 Å². The highest BCUT2D eigenvalue weighted by atomic mass is 35.5. The fraction of sp³-hybridized carbons (Fsp3) is 0.182. The summed E-state index contributed by atoms with van der Waals surface area (Å²) >= 11 is 7.35. The number of aromatic carboxylic acids is 1. The van der Waals surface area contributed by atoms with Crippen molar-refractivity contribution in [1.29, 1.82) is 0 Å². The van der Waals surface area contributed by atoms with Crippen LogP contribution in [0, 0.1) is 0 Å². The third-order valence-electron chi connectivity index (χ3n) is 2.28. The van der Waals surface area contributed by atoms with Crippen molar-refractivity contribution in [3.05, 3.63) is 45.4 Å². The maximum atomic E-state index is 10.9. The van der Waals surface area contributed by atoms with Gasteiger partial charge in [-0.15, -0.1) is 11.3 Å². The van der Waals surface area contributed by atoms with Gasteiger partial charge in [0, 0.05) is 17.6 Å². The Balaban J connectivity index is 2.04. The van der Waals surface area contributed by atoms with Crippen LogP contribution >= 0.6 is 22.9 Å². The number of thiophene rings is 1. The lowest BCUT2D eigenvalue weighted by Crippen LogP contribution is -2.08. The predicted molar refractivity (Wildman–Crippen MR) is 64.4 cm³/mol. The molecule has 0 atom stereocenters. The molecule has 0 aliphatic carbocycles. The molecule has 0 amide bonds. The van der Waals surface area contributed by atoms with Gasteiger partial charge in [-0.2, -0.15) is 0 Å². The average molecular weight is 256 g/mol. The fourth-order valence-electron chi connectivity index (χ4n) is 1.52. The van der Waals surface area contributed by atoms with Gasteiger partial charge in [-0.25, -0.2) is 4.79 Å². The summed E-state index contributed by atoms with van der Waals surface area (Å²) < 4.78 is 2.50. The van der Waals surface area contributed by atoms with Crippen LogP contribution in [0.5, 0.6) is 0 Å². The van der Waals surface area contributed by atoms with Gasteiger partial charge in [-0.05, 0) is 30.7 Å². The van der Waals surface area contributed by atoms with E-state index in [4.69, 9.17) is 16.7 Å². The number of nitrogens with zero attached hydrogens (tertiary/aromatic N) is 1. The van der Waals surface area contributed by atoms with Gasteiger partial charge in [0.1, 0.15) is 5.69 Å². The highest BCUT2D eigenvalue weighted by molar-refractivity contribution is 7.16. The molecule has 0 bridgehead atoms. The first kappa shape index (κ1) is 11.2. The number of carboxylic acids is 1. The summed E-state index contributed by atoms with van der Waals surface area (Å²) in [4.78, 5) is 12.0. The molecule has 0 fully saturated rings. The summed E-state index contributed by atoms with van der Waals surface area (Å²) in [6, 6.07) is 7.17. The van der Waals surface area contributed by atoms with Crippen molar-refractivity contribution in [3.8, 4) is 0 Å². The maximum absolute atomic E-state index is 10.9. The van der Waals surface area contributed by atoms with E-state index in [1.807, 2.05) is 12.1 Å². The summed E-state index contributed by atoms with van der Waals surface area (Å²) in [6.45, 7) is 0.658. The molecule has 2 rings (SSSR count). The van der Waals surface area contributed by atoms with Crippen LogP contribution in [-0.4, -0.2) is 15.6 Å². The predicted octanol–water partition coefficient (Wildman–Crippen LogP) is 3.14. The highest BCUT2D eigenvalue weighted by Crippen LogP contribution is 2.22. The molecular formula is C11H10ClNO2S. The third-order valence-corrected chi connectivity index (χ3v) is 3.57. The molecular weight excluding hydrogens is 246 g/mol. The van der Waals surface area contributed by atoms with Crippen molar-refractivity contribution in [3.63, 3.8) is 0 Å². The van der Waals surface area contributed by atoms with Gasteiger partial charge < -0.3 is 9.67 Å². The zero-order valence-corrected chi connectivity index (χ0v) is 9.96. The Bertz CT molecular complexity index is 504. The number of aryl methyl sites for hydroxylation is 2. The number of hydrogen-bond acceptors (Lipinski definition) is 2. The normalized spacial score (nSPS) is 10.6. The Labute approximate surface area is 102 Å². The zero-order chi connectivity index (χ0) is 11.5. The van der Waals surface area contributed by atoms with Crippen LogP contribution in [-0.2, 0) is 13.0 Å². The third kappa shape index (κ3) is 2.46. The molecule has 0 unspecified atom stereocenters. The molecule has 0 spiro atoms. The van der Waals surface area contributed by atoms with E-state index in [2.05, 4.69) is 0 Å². The molecule has 0 saturated heterocycles. The minimum Gasteiger partial charge on any atom is -0.477 e. The second-order valence-electron chi connectivity index (χ2n) is 3.35. The lowest BCUT2D eigenvalue weighted by Gasteiger charge is -2.04. The summed E-state index contributed by atoms with van der Waals surface area (Å²) in [5, 5.41) is 8.92. The first-order valence-corrected chi connectivity index (χ1v) is 5.99. The molecule has 0 radical (unpaired) electrons. The van der Waals surface area contributed by atoms with Crippen molar-refractivity contribution >= 4 is 28.9 Å². The van der Waals surface area contributed by atoms with E-state index >= 15 is 0 Å². The number of carboxylic acid groups (broad SMARTS) is 1. The van der Waals surface area contributed by atoms with E-state index in [1.54, 1.807) is 22.9 Å². The number of aromatic nitrogens is 1. The van der Waals surface area contributed by atoms with Crippen molar-refractivity contribution in [2.75, 3.05) is 0 Å². The Kier molecular flexibility index (Phi) is 3.31. The van der Waals surface area contributed by atoms with E-state index in [9.17, 15) is 4.79 Å². The molecule has 2 aromatic rings. The summed E-state index contributed by atoms with van der Waals surface area (Å²) in [6.07, 6.45) is 2.57. The molecule has 5 heteroatoms. The van der Waals surface area contributed by atoms with Crippen molar-refractivity contribution in [2.24, 2.45) is 0 Å². The van der Waals surface area contributed by atoms with Gasteiger partial charge in [-0.1, -0.05) is 11.6 Å². The molecule has 16 heavy (non-hydrogen) atoms. The lowest BCUT2D eigenvalue weighted by atomic mass is 10.3. The first-order valence-electron chi connectivity index (χ1n) is 4.79. The second-order valence-corrected chi connectivity index (χ2v) is 5.15. The summed E-state index contributed by atoms with van der Waals surface area (Å²) in [5.74, 6) is -0.894. The lowest BCUT2D eigenvalue weighted by molar-refractivity contribution is 0.0685. The Morgan fingerprint density at radius 1 is 1.44 bits per heavy atom. The zero-order valence-electron chi connectivity index (χ0n) is 8.39. The molecule has 1 N–H and O–H groups in total. The SMILES string of the molecule is O=C(O)c1cccn1CCc1ccc(Cl)s1. The van der Waals surface area contributed by atoms with Crippen LogP contribution in [0.15, 0.2) is 30.5 Å². The van der Waals surface area contributed by atoms with Gasteiger partial charge >= 0.3 is 5.97 Å². The number of carbonyl (C=O) groups is 1. The number of halogens is 1. The Morgan fingerprint density at radius 2 is 2.25 bits per heavy atom. The number of rotatable bonds is 4.